The number of nitrogens with one attached hydrogen (secondary N) is 1. The van der Waals surface area contributed by atoms with Crippen LogP contribution >= 0.6 is 0 Å². The number of rotatable bonds is 5. The Morgan fingerprint density at radius 2 is 1.89 bits per heavy atom. The zero-order valence-electron chi connectivity index (χ0n) is 14.9. The van der Waals surface area contributed by atoms with Gasteiger partial charge in [0.05, 0.1) is 27.5 Å². The van der Waals surface area contributed by atoms with E-state index < -0.39 is 27.8 Å². The molecular formula is C17H17F3N4O3S. The van der Waals surface area contributed by atoms with Gasteiger partial charge >= 0.3 is 6.18 Å². The molecule has 0 saturated carbocycles. The lowest BCUT2D eigenvalue weighted by Gasteiger charge is -2.15. The maximum absolute atomic E-state index is 13.0. The van der Waals surface area contributed by atoms with Crippen LogP contribution in [0.15, 0.2) is 47.6 Å². The second kappa shape index (κ2) is 7.06. The van der Waals surface area contributed by atoms with Gasteiger partial charge in [0.2, 0.25) is 10.0 Å². The summed E-state index contributed by atoms with van der Waals surface area (Å²) in [5, 5.41) is 11.1. The Morgan fingerprint density at radius 1 is 1.25 bits per heavy atom. The van der Waals surface area contributed by atoms with Crippen LogP contribution in [-0.4, -0.2) is 18.0 Å². The minimum Gasteiger partial charge on any atom is -0.619 e. The molecule has 150 valence electrons. The van der Waals surface area contributed by atoms with Crippen molar-refractivity contribution in [2.75, 3.05) is 0 Å². The van der Waals surface area contributed by atoms with Gasteiger partial charge in [0, 0.05) is 18.7 Å². The number of aryl methyl sites for hydroxylation is 1. The van der Waals surface area contributed by atoms with Crippen molar-refractivity contribution in [3.63, 3.8) is 0 Å². The minimum atomic E-state index is -4.49. The Morgan fingerprint density at radius 3 is 2.46 bits per heavy atom. The highest BCUT2D eigenvalue weighted by atomic mass is 32.2. The molecule has 0 aliphatic carbocycles. The number of benzene rings is 1. The fraction of sp³-hybridized carbons (Fsp3) is 0.294. The third-order valence-corrected chi connectivity index (χ3v) is 5.78. The molecule has 7 nitrogen and oxygen atoms in total. The van der Waals surface area contributed by atoms with Gasteiger partial charge in [-0.15, -0.1) is 0 Å². The van der Waals surface area contributed by atoms with Crippen LogP contribution in [-0.2, 0) is 22.7 Å². The molecule has 0 radical (unpaired) electrons. The van der Waals surface area contributed by atoms with Crippen LogP contribution in [0.1, 0.15) is 31.3 Å². The topological polar surface area (TPSA) is 90.9 Å². The van der Waals surface area contributed by atoms with Crippen molar-refractivity contribution >= 4 is 21.1 Å². The number of pyridine rings is 1. The molecule has 0 aliphatic rings. The monoisotopic (exact) mass is 414 g/mol. The minimum absolute atomic E-state index is 0.107. The molecule has 1 N–H and O–H groups in total. The van der Waals surface area contributed by atoms with Crippen molar-refractivity contribution < 1.29 is 26.3 Å². The highest BCUT2D eigenvalue weighted by molar-refractivity contribution is 7.89. The molecule has 0 unspecified atom stereocenters. The van der Waals surface area contributed by atoms with Crippen LogP contribution in [0.5, 0.6) is 0 Å². The first kappa shape index (κ1) is 20.1. The summed E-state index contributed by atoms with van der Waals surface area (Å²) in [4.78, 5) is 4.21. The SMILES string of the molecule is CCn1c([C@@H](C)NS(=O)(=O)c2cc[n+]([O-])cc2)nc2ccc(C(F)(F)F)cc21. The zero-order valence-corrected chi connectivity index (χ0v) is 15.8. The summed E-state index contributed by atoms with van der Waals surface area (Å²) in [7, 11) is -3.95. The lowest BCUT2D eigenvalue weighted by atomic mass is 10.2. The van der Waals surface area contributed by atoms with Crippen molar-refractivity contribution in [1.82, 2.24) is 14.3 Å². The van der Waals surface area contributed by atoms with Crippen molar-refractivity contribution in [3.8, 4) is 0 Å². The molecule has 0 spiro atoms. The molecule has 1 aromatic carbocycles. The second-order valence-corrected chi connectivity index (χ2v) is 7.87. The van der Waals surface area contributed by atoms with Crippen molar-refractivity contribution in [3.05, 3.63) is 59.3 Å². The summed E-state index contributed by atoms with van der Waals surface area (Å²) >= 11 is 0. The van der Waals surface area contributed by atoms with Crippen LogP contribution in [0.3, 0.4) is 0 Å². The van der Waals surface area contributed by atoms with Crippen LogP contribution in [0.4, 0.5) is 13.2 Å². The lowest BCUT2D eigenvalue weighted by Crippen LogP contribution is -2.30. The Hall–Kier alpha value is -2.66. The number of alkyl halides is 3. The molecular weight excluding hydrogens is 397 g/mol. The van der Waals surface area contributed by atoms with Gasteiger partial charge < -0.3 is 9.77 Å². The first-order valence-electron chi connectivity index (χ1n) is 8.31. The second-order valence-electron chi connectivity index (χ2n) is 6.15. The summed E-state index contributed by atoms with van der Waals surface area (Å²) in [6.07, 6.45) is -2.38. The predicted molar refractivity (Wildman–Crippen MR) is 94.5 cm³/mol. The summed E-state index contributed by atoms with van der Waals surface area (Å²) in [5.74, 6) is 0.287. The predicted octanol–water partition coefficient (Wildman–Crippen LogP) is 2.75. The van der Waals surface area contributed by atoms with E-state index in [2.05, 4.69) is 9.71 Å². The molecule has 3 rings (SSSR count). The van der Waals surface area contributed by atoms with Crippen molar-refractivity contribution in [1.29, 1.82) is 0 Å². The number of aromatic nitrogens is 3. The van der Waals surface area contributed by atoms with E-state index in [-0.39, 0.29) is 16.2 Å². The molecule has 2 aromatic heterocycles. The van der Waals surface area contributed by atoms with Gasteiger partial charge in [-0.1, -0.05) is 0 Å². The first-order valence-corrected chi connectivity index (χ1v) is 9.80. The Bertz CT molecular complexity index is 1110. The number of halogens is 3. The molecule has 3 aromatic rings. The van der Waals surface area contributed by atoms with Gasteiger partial charge in [0.25, 0.3) is 0 Å². The fourth-order valence-corrected chi connectivity index (χ4v) is 4.10. The third kappa shape index (κ3) is 3.80. The average Bonchev–Trinajstić information content (AvgIpc) is 2.99. The number of hydrogen-bond donors (Lipinski definition) is 1. The van der Waals surface area contributed by atoms with Gasteiger partial charge in [-0.05, 0) is 32.0 Å². The number of sulfonamides is 1. The maximum atomic E-state index is 13.0. The van der Waals surface area contributed by atoms with E-state index in [0.29, 0.717) is 16.8 Å². The van der Waals surface area contributed by atoms with Gasteiger partial charge in [-0.2, -0.15) is 17.9 Å². The Labute approximate surface area is 159 Å². The summed E-state index contributed by atoms with van der Waals surface area (Å²) in [6, 6.07) is 4.70. The molecule has 28 heavy (non-hydrogen) atoms. The third-order valence-electron chi connectivity index (χ3n) is 4.22. The van der Waals surface area contributed by atoms with E-state index in [1.807, 2.05) is 0 Å². The Balaban J connectivity index is 1.99. The lowest BCUT2D eigenvalue weighted by molar-refractivity contribution is -0.605. The molecule has 0 saturated heterocycles. The molecule has 1 atom stereocenters. The molecule has 0 bridgehead atoms. The first-order chi connectivity index (χ1) is 13.0. The molecule has 2 heterocycles. The standard InChI is InChI=1S/C17H17F3N4O3S/c1-3-24-15-10-12(17(18,19)20)4-5-14(15)21-16(24)11(2)22-28(26,27)13-6-8-23(25)9-7-13/h4-11,22H,3H2,1-2H3/t11-/m1/s1. The largest absolute Gasteiger partial charge is 0.619 e. The molecule has 0 amide bonds. The highest BCUT2D eigenvalue weighted by Crippen LogP contribution is 2.32. The van der Waals surface area contributed by atoms with Gasteiger partial charge in [-0.25, -0.2) is 18.1 Å². The number of imidazole rings is 1. The van der Waals surface area contributed by atoms with E-state index in [9.17, 15) is 26.8 Å². The average molecular weight is 414 g/mol. The van der Waals surface area contributed by atoms with Gasteiger partial charge in [0.1, 0.15) is 5.82 Å². The van der Waals surface area contributed by atoms with Crippen molar-refractivity contribution in [2.24, 2.45) is 0 Å². The maximum Gasteiger partial charge on any atom is 0.416 e. The molecule has 0 fully saturated rings. The van der Waals surface area contributed by atoms with E-state index in [0.717, 1.165) is 36.7 Å². The number of fused-ring (bicyclic) bond motifs is 1. The zero-order chi connectivity index (χ0) is 20.7. The fourth-order valence-electron chi connectivity index (χ4n) is 2.91. The van der Waals surface area contributed by atoms with Gasteiger partial charge in [0.15, 0.2) is 12.4 Å². The number of nitrogens with zero attached hydrogens (tertiary/aromatic N) is 3. The van der Waals surface area contributed by atoms with E-state index in [4.69, 9.17) is 0 Å². The molecule has 0 aliphatic heterocycles. The summed E-state index contributed by atoms with van der Waals surface area (Å²) < 4.78 is 68.5. The van der Waals surface area contributed by atoms with Crippen LogP contribution in [0, 0.1) is 5.21 Å². The normalized spacial score (nSPS) is 13.8. The Kier molecular flexibility index (Phi) is 5.06. The van der Waals surface area contributed by atoms with E-state index in [1.54, 1.807) is 13.8 Å². The van der Waals surface area contributed by atoms with Crippen molar-refractivity contribution in [2.45, 2.75) is 37.5 Å². The quantitative estimate of drug-likeness (QED) is 0.513. The number of hydrogen-bond acceptors (Lipinski definition) is 4. The van der Waals surface area contributed by atoms with E-state index >= 15 is 0 Å². The smallest absolute Gasteiger partial charge is 0.416 e. The van der Waals surface area contributed by atoms with E-state index in [1.165, 1.54) is 10.6 Å². The van der Waals surface area contributed by atoms with Gasteiger partial charge in [-0.3, -0.25) is 0 Å². The summed E-state index contributed by atoms with van der Waals surface area (Å²) in [6.45, 7) is 3.59. The van der Waals surface area contributed by atoms with Crippen LogP contribution in [0.2, 0.25) is 0 Å². The summed E-state index contributed by atoms with van der Waals surface area (Å²) in [5.41, 5.74) is -0.196. The molecule has 11 heteroatoms. The van der Waals surface area contributed by atoms with Crippen LogP contribution in [0.25, 0.3) is 11.0 Å². The van der Waals surface area contributed by atoms with Crippen LogP contribution < -0.4 is 9.45 Å². The highest BCUT2D eigenvalue weighted by Gasteiger charge is 2.31.